The molecule has 0 bridgehead atoms. The Bertz CT molecular complexity index is 675. The van der Waals surface area contributed by atoms with Gasteiger partial charge in [-0.1, -0.05) is 30.3 Å². The van der Waals surface area contributed by atoms with E-state index >= 15 is 0 Å². The van der Waals surface area contributed by atoms with Gasteiger partial charge < -0.3 is 15.6 Å². The van der Waals surface area contributed by atoms with Crippen LogP contribution in [0.4, 0.5) is 0 Å². The summed E-state index contributed by atoms with van der Waals surface area (Å²) < 4.78 is 1.65. The number of nitrogens with one attached hydrogen (secondary N) is 1. The summed E-state index contributed by atoms with van der Waals surface area (Å²) in [6.07, 6.45) is 2.10. The summed E-state index contributed by atoms with van der Waals surface area (Å²) in [5.41, 5.74) is 7.62. The van der Waals surface area contributed by atoms with E-state index in [-0.39, 0.29) is 17.5 Å². The summed E-state index contributed by atoms with van der Waals surface area (Å²) in [6, 6.07) is 12.8. The summed E-state index contributed by atoms with van der Waals surface area (Å²) in [7, 11) is 0. The second kappa shape index (κ2) is 7.56. The fraction of sp³-hybridized carbons (Fsp3) is 0.294. The van der Waals surface area contributed by atoms with Gasteiger partial charge in [0, 0.05) is 31.3 Å². The summed E-state index contributed by atoms with van der Waals surface area (Å²) in [6.45, 7) is 2.83. The highest BCUT2D eigenvalue weighted by Crippen LogP contribution is 2.06. The SMILES string of the molecule is CC(N)CC(=O)NCc1ccc(Cn2ccccc2=O)cc1. The predicted octanol–water partition coefficient (Wildman–Crippen LogP) is 1.25. The number of benzene rings is 1. The van der Waals surface area contributed by atoms with Gasteiger partial charge in [0.25, 0.3) is 5.56 Å². The Kier molecular flexibility index (Phi) is 5.49. The fourth-order valence-electron chi connectivity index (χ4n) is 2.12. The van der Waals surface area contributed by atoms with Gasteiger partial charge in [-0.2, -0.15) is 0 Å². The first-order valence-corrected chi connectivity index (χ1v) is 7.30. The Labute approximate surface area is 129 Å². The molecular weight excluding hydrogens is 278 g/mol. The molecule has 1 aromatic carbocycles. The van der Waals surface area contributed by atoms with E-state index in [0.717, 1.165) is 11.1 Å². The van der Waals surface area contributed by atoms with Crippen molar-refractivity contribution >= 4 is 5.91 Å². The van der Waals surface area contributed by atoms with Crippen LogP contribution < -0.4 is 16.6 Å². The Hall–Kier alpha value is -2.40. The van der Waals surface area contributed by atoms with E-state index in [1.54, 1.807) is 29.8 Å². The maximum Gasteiger partial charge on any atom is 0.250 e. The third-order valence-electron chi connectivity index (χ3n) is 3.27. The molecule has 3 N–H and O–H groups in total. The van der Waals surface area contributed by atoms with Gasteiger partial charge >= 0.3 is 0 Å². The van der Waals surface area contributed by atoms with Gasteiger partial charge in [-0.15, -0.1) is 0 Å². The standard InChI is InChI=1S/C17H21N3O2/c1-13(18)10-16(21)19-11-14-5-7-15(8-6-14)12-20-9-3-2-4-17(20)22/h2-9,13H,10-12,18H2,1H3,(H,19,21). The summed E-state index contributed by atoms with van der Waals surface area (Å²) in [4.78, 5) is 23.2. The summed E-state index contributed by atoms with van der Waals surface area (Å²) >= 11 is 0. The lowest BCUT2D eigenvalue weighted by atomic mass is 10.1. The number of rotatable bonds is 6. The van der Waals surface area contributed by atoms with Gasteiger partial charge in [0.15, 0.2) is 0 Å². The fourth-order valence-corrected chi connectivity index (χ4v) is 2.12. The highest BCUT2D eigenvalue weighted by molar-refractivity contribution is 5.76. The molecule has 2 rings (SSSR count). The Morgan fingerprint density at radius 1 is 1.18 bits per heavy atom. The van der Waals surface area contributed by atoms with Crippen molar-refractivity contribution in [1.82, 2.24) is 9.88 Å². The minimum absolute atomic E-state index is 0.0188. The molecule has 0 saturated carbocycles. The highest BCUT2D eigenvalue weighted by atomic mass is 16.1. The lowest BCUT2D eigenvalue weighted by molar-refractivity contribution is -0.121. The third kappa shape index (κ3) is 4.86. The van der Waals surface area contributed by atoms with Crippen molar-refractivity contribution in [2.45, 2.75) is 32.5 Å². The minimum Gasteiger partial charge on any atom is -0.352 e. The molecule has 0 radical (unpaired) electrons. The normalized spacial score (nSPS) is 11.9. The molecule has 0 spiro atoms. The van der Waals surface area contributed by atoms with Gasteiger partial charge in [-0.05, 0) is 24.1 Å². The molecule has 0 saturated heterocycles. The van der Waals surface area contributed by atoms with Gasteiger partial charge in [0.05, 0.1) is 6.54 Å². The number of pyridine rings is 1. The number of nitrogens with zero attached hydrogens (tertiary/aromatic N) is 1. The van der Waals surface area contributed by atoms with Crippen molar-refractivity contribution in [1.29, 1.82) is 0 Å². The number of carbonyl (C=O) groups is 1. The van der Waals surface area contributed by atoms with Crippen molar-refractivity contribution in [3.05, 3.63) is 70.1 Å². The van der Waals surface area contributed by atoms with Crippen molar-refractivity contribution in [2.24, 2.45) is 5.73 Å². The number of carbonyl (C=O) groups excluding carboxylic acids is 1. The molecule has 22 heavy (non-hydrogen) atoms. The van der Waals surface area contributed by atoms with Crippen LogP contribution in [0.25, 0.3) is 0 Å². The largest absolute Gasteiger partial charge is 0.352 e. The zero-order valence-corrected chi connectivity index (χ0v) is 12.7. The first-order chi connectivity index (χ1) is 10.5. The predicted molar refractivity (Wildman–Crippen MR) is 86.4 cm³/mol. The first-order valence-electron chi connectivity index (χ1n) is 7.30. The van der Waals surface area contributed by atoms with Gasteiger partial charge in [0.2, 0.25) is 5.91 Å². The molecular formula is C17H21N3O2. The molecule has 5 nitrogen and oxygen atoms in total. The molecule has 0 aliphatic rings. The highest BCUT2D eigenvalue weighted by Gasteiger charge is 2.04. The number of hydrogen-bond donors (Lipinski definition) is 2. The Morgan fingerprint density at radius 3 is 2.50 bits per heavy atom. The van der Waals surface area contributed by atoms with Crippen LogP contribution >= 0.6 is 0 Å². The maximum atomic E-state index is 11.7. The van der Waals surface area contributed by atoms with Crippen LogP contribution in [0, 0.1) is 0 Å². The second-order valence-electron chi connectivity index (χ2n) is 5.44. The molecule has 0 aliphatic carbocycles. The molecule has 1 heterocycles. The summed E-state index contributed by atoms with van der Waals surface area (Å²) in [5, 5.41) is 2.83. The Morgan fingerprint density at radius 2 is 1.86 bits per heavy atom. The molecule has 2 aromatic rings. The molecule has 116 valence electrons. The topological polar surface area (TPSA) is 77.1 Å². The van der Waals surface area contributed by atoms with Gasteiger partial charge in [0.1, 0.15) is 0 Å². The van der Waals surface area contributed by atoms with E-state index < -0.39 is 0 Å². The van der Waals surface area contributed by atoms with Crippen molar-refractivity contribution < 1.29 is 4.79 Å². The number of aromatic nitrogens is 1. The molecule has 1 atom stereocenters. The number of nitrogens with two attached hydrogens (primary N) is 1. The van der Waals surface area contributed by atoms with E-state index in [0.29, 0.717) is 19.5 Å². The molecule has 0 fully saturated rings. The zero-order chi connectivity index (χ0) is 15.9. The lowest BCUT2D eigenvalue weighted by Gasteiger charge is -2.09. The van der Waals surface area contributed by atoms with Crippen molar-refractivity contribution in [3.63, 3.8) is 0 Å². The van der Waals surface area contributed by atoms with Crippen LogP contribution in [-0.2, 0) is 17.9 Å². The molecule has 1 amide bonds. The van der Waals surface area contributed by atoms with Crippen LogP contribution in [0.5, 0.6) is 0 Å². The Balaban J connectivity index is 1.92. The van der Waals surface area contributed by atoms with Crippen LogP contribution in [0.2, 0.25) is 0 Å². The molecule has 1 aromatic heterocycles. The summed E-state index contributed by atoms with van der Waals surface area (Å²) in [5.74, 6) is -0.0464. The van der Waals surface area contributed by atoms with E-state index in [4.69, 9.17) is 5.73 Å². The minimum atomic E-state index is -0.133. The molecule has 5 heteroatoms. The molecule has 1 unspecified atom stereocenters. The van der Waals surface area contributed by atoms with Gasteiger partial charge in [-0.25, -0.2) is 0 Å². The van der Waals surface area contributed by atoms with Crippen molar-refractivity contribution in [3.8, 4) is 0 Å². The number of hydrogen-bond acceptors (Lipinski definition) is 3. The lowest BCUT2D eigenvalue weighted by Crippen LogP contribution is -2.29. The zero-order valence-electron chi connectivity index (χ0n) is 12.7. The van der Waals surface area contributed by atoms with Crippen LogP contribution in [-0.4, -0.2) is 16.5 Å². The van der Waals surface area contributed by atoms with Crippen LogP contribution in [0.1, 0.15) is 24.5 Å². The van der Waals surface area contributed by atoms with E-state index in [1.165, 1.54) is 0 Å². The van der Waals surface area contributed by atoms with E-state index in [2.05, 4.69) is 5.32 Å². The van der Waals surface area contributed by atoms with Crippen LogP contribution in [0.3, 0.4) is 0 Å². The smallest absolute Gasteiger partial charge is 0.250 e. The van der Waals surface area contributed by atoms with E-state index in [1.807, 2.05) is 30.3 Å². The quantitative estimate of drug-likeness (QED) is 0.843. The van der Waals surface area contributed by atoms with Gasteiger partial charge in [-0.3, -0.25) is 9.59 Å². The van der Waals surface area contributed by atoms with Crippen molar-refractivity contribution in [2.75, 3.05) is 0 Å². The van der Waals surface area contributed by atoms with Crippen LogP contribution in [0.15, 0.2) is 53.5 Å². The number of amides is 1. The first kappa shape index (κ1) is 16.0. The monoisotopic (exact) mass is 299 g/mol. The average Bonchev–Trinajstić information content (AvgIpc) is 2.48. The average molecular weight is 299 g/mol. The molecule has 0 aliphatic heterocycles. The third-order valence-corrected chi connectivity index (χ3v) is 3.27. The second-order valence-corrected chi connectivity index (χ2v) is 5.44. The maximum absolute atomic E-state index is 11.7. The van der Waals surface area contributed by atoms with E-state index in [9.17, 15) is 9.59 Å².